The number of carbonyl (C=O) groups is 2. The molecule has 1 aliphatic rings. The minimum atomic E-state index is -0.518. The van der Waals surface area contributed by atoms with Gasteiger partial charge in [0, 0.05) is 31.5 Å². The summed E-state index contributed by atoms with van der Waals surface area (Å²) in [4.78, 5) is 32.7. The Kier molecular flexibility index (Phi) is 7.96. The van der Waals surface area contributed by atoms with Gasteiger partial charge in [0.2, 0.25) is 5.91 Å². The van der Waals surface area contributed by atoms with Gasteiger partial charge in [0.25, 0.3) is 5.91 Å². The highest BCUT2D eigenvalue weighted by atomic mass is 16.2. The van der Waals surface area contributed by atoms with E-state index in [1.165, 1.54) is 11.1 Å². The van der Waals surface area contributed by atoms with Crippen LogP contribution in [0.5, 0.6) is 0 Å². The van der Waals surface area contributed by atoms with Crippen molar-refractivity contribution in [1.29, 1.82) is 0 Å². The van der Waals surface area contributed by atoms with E-state index in [9.17, 15) is 9.59 Å². The molecule has 2 heterocycles. The number of aromatic nitrogens is 1. The quantitative estimate of drug-likeness (QED) is 0.517. The first-order valence-corrected chi connectivity index (χ1v) is 12.6. The van der Waals surface area contributed by atoms with Crippen molar-refractivity contribution >= 4 is 11.8 Å². The molecule has 5 heteroatoms. The molecule has 0 atom stereocenters. The summed E-state index contributed by atoms with van der Waals surface area (Å²) in [6, 6.07) is 22.5. The summed E-state index contributed by atoms with van der Waals surface area (Å²) >= 11 is 0. The topological polar surface area (TPSA) is 62.3 Å². The number of benzene rings is 2. The van der Waals surface area contributed by atoms with Crippen LogP contribution >= 0.6 is 0 Å². The van der Waals surface area contributed by atoms with Gasteiger partial charge in [-0.2, -0.15) is 0 Å². The minimum Gasteiger partial charge on any atom is -0.355 e. The number of hydrogen-bond donors (Lipinski definition) is 1. The molecule has 1 N–H and O–H groups in total. The van der Waals surface area contributed by atoms with E-state index in [1.54, 1.807) is 6.20 Å². The van der Waals surface area contributed by atoms with Crippen LogP contribution in [-0.2, 0) is 24.1 Å². The van der Waals surface area contributed by atoms with Crippen molar-refractivity contribution in [2.24, 2.45) is 5.41 Å². The number of rotatable bonds is 8. The van der Waals surface area contributed by atoms with Gasteiger partial charge in [0.05, 0.1) is 11.0 Å². The van der Waals surface area contributed by atoms with Gasteiger partial charge in [-0.05, 0) is 67.9 Å². The Morgan fingerprint density at radius 2 is 1.60 bits per heavy atom. The van der Waals surface area contributed by atoms with Crippen molar-refractivity contribution in [3.63, 3.8) is 0 Å². The van der Waals surface area contributed by atoms with Crippen LogP contribution in [0.4, 0.5) is 0 Å². The summed E-state index contributed by atoms with van der Waals surface area (Å²) in [5.74, 6) is 0.0809. The largest absolute Gasteiger partial charge is 0.355 e. The zero-order valence-electron chi connectivity index (χ0n) is 20.8. The van der Waals surface area contributed by atoms with Crippen molar-refractivity contribution < 1.29 is 9.59 Å². The van der Waals surface area contributed by atoms with E-state index in [2.05, 4.69) is 53.6 Å². The van der Waals surface area contributed by atoms with Crippen molar-refractivity contribution in [1.82, 2.24) is 15.2 Å². The summed E-state index contributed by atoms with van der Waals surface area (Å²) < 4.78 is 0. The Balaban J connectivity index is 1.42. The summed E-state index contributed by atoms with van der Waals surface area (Å²) in [6.45, 7) is 5.79. The smallest absolute Gasteiger partial charge is 0.255 e. The highest BCUT2D eigenvalue weighted by Crippen LogP contribution is 2.36. The number of piperidine rings is 1. The highest BCUT2D eigenvalue weighted by Gasteiger charge is 2.42. The molecule has 1 aliphatic heterocycles. The fraction of sp³-hybridized carbons (Fsp3) is 0.367. The molecule has 0 unspecified atom stereocenters. The van der Waals surface area contributed by atoms with Gasteiger partial charge in [-0.3, -0.25) is 14.6 Å². The van der Waals surface area contributed by atoms with Crippen LogP contribution < -0.4 is 5.32 Å². The van der Waals surface area contributed by atoms with E-state index >= 15 is 0 Å². The molecule has 0 saturated carbocycles. The molecule has 3 aromatic rings. The Hall–Kier alpha value is -3.47. The molecule has 35 heavy (non-hydrogen) atoms. The average molecular weight is 470 g/mol. The molecule has 5 nitrogen and oxygen atoms in total. The molecular weight excluding hydrogens is 434 g/mol. The van der Waals surface area contributed by atoms with Crippen LogP contribution in [0.2, 0.25) is 0 Å². The number of pyridine rings is 1. The number of likely N-dealkylation sites (tertiary alicyclic amines) is 1. The molecule has 1 fully saturated rings. The third kappa shape index (κ3) is 6.16. The first-order valence-electron chi connectivity index (χ1n) is 12.6. The van der Waals surface area contributed by atoms with Crippen molar-refractivity contribution in [2.45, 2.75) is 46.0 Å². The van der Waals surface area contributed by atoms with Crippen molar-refractivity contribution in [3.8, 4) is 0 Å². The van der Waals surface area contributed by atoms with Crippen LogP contribution in [0.3, 0.4) is 0 Å². The molecular formula is C30H35N3O2. The van der Waals surface area contributed by atoms with E-state index in [4.69, 9.17) is 0 Å². The third-order valence-electron chi connectivity index (χ3n) is 7.16. The zero-order valence-corrected chi connectivity index (χ0v) is 20.8. The lowest BCUT2D eigenvalue weighted by molar-refractivity contribution is -0.133. The van der Waals surface area contributed by atoms with Crippen LogP contribution in [0, 0.1) is 12.3 Å². The van der Waals surface area contributed by atoms with E-state index in [1.807, 2.05) is 42.2 Å². The summed E-state index contributed by atoms with van der Waals surface area (Å²) in [5.41, 5.74) is 4.68. The number of amides is 2. The lowest BCUT2D eigenvalue weighted by Crippen LogP contribution is -2.51. The number of carbonyl (C=O) groups excluding carboxylic acids is 2. The van der Waals surface area contributed by atoms with Crippen molar-refractivity contribution in [3.05, 3.63) is 101 Å². The first kappa shape index (κ1) is 24.6. The molecule has 0 bridgehead atoms. The fourth-order valence-corrected chi connectivity index (χ4v) is 4.83. The third-order valence-corrected chi connectivity index (χ3v) is 7.16. The fourth-order valence-electron chi connectivity index (χ4n) is 4.83. The molecule has 0 aliphatic carbocycles. The summed E-state index contributed by atoms with van der Waals surface area (Å²) in [6.07, 6.45) is 5.44. The maximum Gasteiger partial charge on any atom is 0.255 e. The van der Waals surface area contributed by atoms with Crippen LogP contribution in [0.1, 0.15) is 52.5 Å². The second kappa shape index (κ2) is 11.3. The Labute approximate surface area is 208 Å². The van der Waals surface area contributed by atoms with E-state index in [0.717, 1.165) is 24.1 Å². The monoisotopic (exact) mass is 469 g/mol. The van der Waals surface area contributed by atoms with E-state index in [-0.39, 0.29) is 11.8 Å². The summed E-state index contributed by atoms with van der Waals surface area (Å²) in [5, 5.41) is 3.22. The maximum atomic E-state index is 13.6. The summed E-state index contributed by atoms with van der Waals surface area (Å²) in [7, 11) is 0. The number of nitrogens with one attached hydrogen (secondary N) is 1. The lowest BCUT2D eigenvalue weighted by Gasteiger charge is -2.41. The molecule has 2 aromatic carbocycles. The molecule has 2 amide bonds. The standard InChI is InChI=1S/C30H35N3O2/c1-3-24-10-12-25(13-11-24)15-18-31-29(35)30(21-26-7-5-4-6-8-26)16-19-33(20-17-30)28(34)27-14-9-23(2)32-22-27/h4-14,22H,3,15-21H2,1-2H3,(H,31,35). The maximum absolute atomic E-state index is 13.6. The molecule has 0 radical (unpaired) electrons. The SMILES string of the molecule is CCc1ccc(CCNC(=O)C2(Cc3ccccc3)CCN(C(=O)c3ccc(C)nc3)CC2)cc1. The van der Waals surface area contributed by atoms with Gasteiger partial charge in [0.15, 0.2) is 0 Å². The number of hydrogen-bond acceptors (Lipinski definition) is 3. The Morgan fingerprint density at radius 3 is 2.23 bits per heavy atom. The zero-order chi connectivity index (χ0) is 24.7. The molecule has 0 spiro atoms. The Morgan fingerprint density at radius 1 is 0.914 bits per heavy atom. The predicted octanol–water partition coefficient (Wildman–Crippen LogP) is 4.78. The van der Waals surface area contributed by atoms with Gasteiger partial charge >= 0.3 is 0 Å². The molecule has 4 rings (SSSR count). The molecule has 1 aromatic heterocycles. The van der Waals surface area contributed by atoms with Crippen molar-refractivity contribution in [2.75, 3.05) is 19.6 Å². The van der Waals surface area contributed by atoms with Gasteiger partial charge in [-0.25, -0.2) is 0 Å². The molecule has 182 valence electrons. The van der Waals surface area contributed by atoms with Crippen LogP contribution in [0.25, 0.3) is 0 Å². The number of aryl methyl sites for hydroxylation is 2. The van der Waals surface area contributed by atoms with Gasteiger partial charge in [0.1, 0.15) is 0 Å². The van der Waals surface area contributed by atoms with Crippen LogP contribution in [-0.4, -0.2) is 41.3 Å². The lowest BCUT2D eigenvalue weighted by atomic mass is 9.72. The average Bonchev–Trinajstić information content (AvgIpc) is 2.90. The van der Waals surface area contributed by atoms with Crippen LogP contribution in [0.15, 0.2) is 72.9 Å². The molecule has 1 saturated heterocycles. The first-order chi connectivity index (χ1) is 17.0. The minimum absolute atomic E-state index is 0.0123. The van der Waals surface area contributed by atoms with E-state index < -0.39 is 5.41 Å². The predicted molar refractivity (Wildman–Crippen MR) is 139 cm³/mol. The van der Waals surface area contributed by atoms with E-state index in [0.29, 0.717) is 44.5 Å². The second-order valence-electron chi connectivity index (χ2n) is 9.60. The number of nitrogens with zero attached hydrogens (tertiary/aromatic N) is 2. The van der Waals surface area contributed by atoms with Gasteiger partial charge in [-0.1, -0.05) is 61.5 Å². The Bertz CT molecular complexity index is 1120. The second-order valence-corrected chi connectivity index (χ2v) is 9.60. The normalized spacial score (nSPS) is 15.0. The van der Waals surface area contributed by atoms with Gasteiger partial charge in [-0.15, -0.1) is 0 Å². The highest BCUT2D eigenvalue weighted by molar-refractivity contribution is 5.94. The van der Waals surface area contributed by atoms with Gasteiger partial charge < -0.3 is 10.2 Å².